The molecule has 0 bridgehead atoms. The monoisotopic (exact) mass is 457 g/mol. The Kier molecular flexibility index (Phi) is 6.64. The molecule has 0 amide bonds. The molecule has 5 rings (SSSR count). The number of aromatic nitrogens is 2. The van der Waals surface area contributed by atoms with Gasteiger partial charge in [0.25, 0.3) is 0 Å². The van der Waals surface area contributed by atoms with E-state index in [2.05, 4.69) is 58.8 Å². The number of carbonyl (C=O) groups is 1. The SMILES string of the molecule is O=C([C@H](Cc1ccccc1)NC(c1ccccc1)(c1ccccc1)c1ccccc1)n1ccnc1. The number of carbonyl (C=O) groups excluding carboxylic acids is 1. The third-order valence-electron chi connectivity index (χ3n) is 6.35. The van der Waals surface area contributed by atoms with E-state index in [9.17, 15) is 4.79 Å². The summed E-state index contributed by atoms with van der Waals surface area (Å²) in [6, 6.07) is 40.6. The highest BCUT2D eigenvalue weighted by Crippen LogP contribution is 2.37. The molecule has 0 fully saturated rings. The molecule has 0 aliphatic heterocycles. The summed E-state index contributed by atoms with van der Waals surface area (Å²) in [7, 11) is 0. The predicted molar refractivity (Wildman–Crippen MR) is 139 cm³/mol. The first-order valence-electron chi connectivity index (χ1n) is 11.8. The zero-order valence-corrected chi connectivity index (χ0v) is 19.4. The molecule has 0 unspecified atom stereocenters. The standard InChI is InChI=1S/C31H27N3O/c35-30(34-22-21-32-24-34)29(23-25-13-5-1-6-14-25)33-31(26-15-7-2-8-16-26,27-17-9-3-10-18-27)28-19-11-4-12-20-28/h1-22,24,29,33H,23H2/t29-/m0/s1. The van der Waals surface area contributed by atoms with Crippen molar-refractivity contribution in [1.29, 1.82) is 0 Å². The maximum atomic E-state index is 13.8. The van der Waals surface area contributed by atoms with Crippen LogP contribution in [-0.2, 0) is 12.0 Å². The number of rotatable bonds is 8. The van der Waals surface area contributed by atoms with Gasteiger partial charge in [-0.2, -0.15) is 0 Å². The maximum Gasteiger partial charge on any atom is 0.249 e. The van der Waals surface area contributed by atoms with E-state index >= 15 is 0 Å². The summed E-state index contributed by atoms with van der Waals surface area (Å²) < 4.78 is 1.56. The summed E-state index contributed by atoms with van der Waals surface area (Å²) in [5.74, 6) is -0.0569. The van der Waals surface area contributed by atoms with Crippen LogP contribution in [0.3, 0.4) is 0 Å². The van der Waals surface area contributed by atoms with Gasteiger partial charge >= 0.3 is 0 Å². The van der Waals surface area contributed by atoms with E-state index in [0.717, 1.165) is 22.3 Å². The highest BCUT2D eigenvalue weighted by atomic mass is 16.2. The van der Waals surface area contributed by atoms with Gasteiger partial charge in [0.15, 0.2) is 0 Å². The van der Waals surface area contributed by atoms with E-state index in [4.69, 9.17) is 0 Å². The molecule has 0 spiro atoms. The van der Waals surface area contributed by atoms with E-state index in [1.807, 2.05) is 72.8 Å². The lowest BCUT2D eigenvalue weighted by Crippen LogP contribution is -2.54. The van der Waals surface area contributed by atoms with Crippen molar-refractivity contribution >= 4 is 5.91 Å². The molecule has 4 heteroatoms. The van der Waals surface area contributed by atoms with Gasteiger partial charge in [-0.05, 0) is 28.7 Å². The molecule has 1 aromatic heterocycles. The van der Waals surface area contributed by atoms with Crippen LogP contribution >= 0.6 is 0 Å². The van der Waals surface area contributed by atoms with Gasteiger partial charge in [-0.15, -0.1) is 0 Å². The van der Waals surface area contributed by atoms with Crippen LogP contribution in [0.1, 0.15) is 27.0 Å². The maximum absolute atomic E-state index is 13.8. The minimum absolute atomic E-state index is 0.0569. The second kappa shape index (κ2) is 10.3. The van der Waals surface area contributed by atoms with Crippen LogP contribution in [0.5, 0.6) is 0 Å². The molecule has 4 nitrogen and oxygen atoms in total. The van der Waals surface area contributed by atoms with Gasteiger partial charge in [0.1, 0.15) is 6.33 Å². The number of nitrogens with one attached hydrogen (secondary N) is 1. The molecule has 0 aliphatic carbocycles. The van der Waals surface area contributed by atoms with Gasteiger partial charge < -0.3 is 0 Å². The van der Waals surface area contributed by atoms with Crippen LogP contribution in [0.15, 0.2) is 140 Å². The quantitative estimate of drug-likeness (QED) is 0.303. The number of hydrogen-bond donors (Lipinski definition) is 1. The van der Waals surface area contributed by atoms with Crippen molar-refractivity contribution in [2.75, 3.05) is 0 Å². The first kappa shape index (κ1) is 22.5. The van der Waals surface area contributed by atoms with Crippen molar-refractivity contribution in [3.8, 4) is 0 Å². The van der Waals surface area contributed by atoms with Gasteiger partial charge in [0.2, 0.25) is 5.91 Å². The summed E-state index contributed by atoms with van der Waals surface area (Å²) in [5.41, 5.74) is 3.53. The molecular weight excluding hydrogens is 430 g/mol. The Labute approximate surface area is 205 Å². The van der Waals surface area contributed by atoms with Gasteiger partial charge in [0.05, 0.1) is 11.6 Å². The van der Waals surface area contributed by atoms with Crippen molar-refractivity contribution in [3.05, 3.63) is 162 Å². The molecule has 5 aromatic rings. The van der Waals surface area contributed by atoms with E-state index in [0.29, 0.717) is 6.42 Å². The molecule has 35 heavy (non-hydrogen) atoms. The van der Waals surface area contributed by atoms with Crippen molar-refractivity contribution in [1.82, 2.24) is 14.9 Å². The van der Waals surface area contributed by atoms with Gasteiger partial charge in [-0.3, -0.25) is 14.7 Å². The first-order valence-corrected chi connectivity index (χ1v) is 11.8. The van der Waals surface area contributed by atoms with Gasteiger partial charge in [0, 0.05) is 12.4 Å². The fourth-order valence-corrected chi connectivity index (χ4v) is 4.70. The molecule has 1 heterocycles. The van der Waals surface area contributed by atoms with Crippen molar-refractivity contribution < 1.29 is 4.79 Å². The van der Waals surface area contributed by atoms with Gasteiger partial charge in [-0.25, -0.2) is 4.98 Å². The van der Waals surface area contributed by atoms with Crippen molar-refractivity contribution in [2.45, 2.75) is 18.0 Å². The largest absolute Gasteiger partial charge is 0.288 e. The van der Waals surface area contributed by atoms with Crippen LogP contribution in [0.25, 0.3) is 0 Å². The second-order valence-corrected chi connectivity index (χ2v) is 8.54. The lowest BCUT2D eigenvalue weighted by Gasteiger charge is -2.40. The van der Waals surface area contributed by atoms with Gasteiger partial charge in [-0.1, -0.05) is 121 Å². The second-order valence-electron chi connectivity index (χ2n) is 8.54. The molecule has 1 N–H and O–H groups in total. The molecular formula is C31H27N3O. The summed E-state index contributed by atoms with van der Waals surface area (Å²) in [4.78, 5) is 18.0. The summed E-state index contributed by atoms with van der Waals surface area (Å²) in [6.45, 7) is 0. The molecule has 0 saturated heterocycles. The fraction of sp³-hybridized carbons (Fsp3) is 0.0968. The van der Waals surface area contributed by atoms with E-state index in [1.165, 1.54) is 0 Å². The Morgan fingerprint density at radius 3 is 1.60 bits per heavy atom. The zero-order chi connectivity index (χ0) is 23.9. The van der Waals surface area contributed by atoms with E-state index < -0.39 is 11.6 Å². The Bertz CT molecular complexity index is 1240. The summed E-state index contributed by atoms with van der Waals surface area (Å²) >= 11 is 0. The molecule has 1 atom stereocenters. The number of nitrogens with zero attached hydrogens (tertiary/aromatic N) is 2. The third-order valence-corrected chi connectivity index (χ3v) is 6.35. The molecule has 0 radical (unpaired) electrons. The minimum Gasteiger partial charge on any atom is -0.288 e. The normalized spacial score (nSPS) is 12.2. The summed E-state index contributed by atoms with van der Waals surface area (Å²) in [6.07, 6.45) is 5.44. The Morgan fingerprint density at radius 2 is 1.17 bits per heavy atom. The van der Waals surface area contributed by atoms with Crippen molar-refractivity contribution in [2.24, 2.45) is 0 Å². The summed E-state index contributed by atoms with van der Waals surface area (Å²) in [5, 5.41) is 3.85. The Balaban J connectivity index is 1.70. The molecule has 0 aliphatic rings. The molecule has 4 aromatic carbocycles. The van der Waals surface area contributed by atoms with Crippen molar-refractivity contribution in [3.63, 3.8) is 0 Å². The molecule has 172 valence electrons. The Hall–Kier alpha value is -4.28. The highest BCUT2D eigenvalue weighted by Gasteiger charge is 2.40. The smallest absolute Gasteiger partial charge is 0.249 e. The fourth-order valence-electron chi connectivity index (χ4n) is 4.70. The minimum atomic E-state index is -0.751. The van der Waals surface area contributed by atoms with Crippen LogP contribution in [0.4, 0.5) is 0 Å². The molecule has 0 saturated carbocycles. The van der Waals surface area contributed by atoms with Crippen LogP contribution in [-0.4, -0.2) is 21.5 Å². The Morgan fingerprint density at radius 1 is 0.714 bits per heavy atom. The zero-order valence-electron chi connectivity index (χ0n) is 19.4. The highest BCUT2D eigenvalue weighted by molar-refractivity contribution is 5.85. The third kappa shape index (κ3) is 4.70. The van der Waals surface area contributed by atoms with Crippen LogP contribution < -0.4 is 5.32 Å². The van der Waals surface area contributed by atoms with E-state index in [-0.39, 0.29) is 5.91 Å². The van der Waals surface area contributed by atoms with Crippen LogP contribution in [0.2, 0.25) is 0 Å². The lowest BCUT2D eigenvalue weighted by atomic mass is 9.76. The lowest BCUT2D eigenvalue weighted by molar-refractivity contribution is 0.0845. The number of benzene rings is 4. The van der Waals surface area contributed by atoms with Crippen LogP contribution in [0, 0.1) is 0 Å². The number of hydrogen-bond acceptors (Lipinski definition) is 3. The average molecular weight is 458 g/mol. The topological polar surface area (TPSA) is 46.9 Å². The first-order chi connectivity index (χ1) is 17.3. The predicted octanol–water partition coefficient (Wildman–Crippen LogP) is 5.72. The van der Waals surface area contributed by atoms with E-state index in [1.54, 1.807) is 23.3 Å². The average Bonchev–Trinajstić information content (AvgIpc) is 3.48. The number of imidazole rings is 1.